The summed E-state index contributed by atoms with van der Waals surface area (Å²) in [6, 6.07) is 4.64. The molecule has 2 N–H and O–H groups in total. The van der Waals surface area contributed by atoms with Crippen molar-refractivity contribution in [3.8, 4) is 5.75 Å². The highest BCUT2D eigenvalue weighted by molar-refractivity contribution is 5.63. The molecule has 0 unspecified atom stereocenters. The third-order valence-electron chi connectivity index (χ3n) is 3.26. The number of nitro benzene ring substituents is 1. The van der Waals surface area contributed by atoms with Crippen molar-refractivity contribution < 1.29 is 19.3 Å². The van der Waals surface area contributed by atoms with Gasteiger partial charge in [-0.15, -0.1) is 0 Å². The Morgan fingerprint density at radius 1 is 1.48 bits per heavy atom. The van der Waals surface area contributed by atoms with E-state index in [4.69, 9.17) is 9.84 Å². The molecule has 2 aromatic rings. The second kappa shape index (κ2) is 8.14. The van der Waals surface area contributed by atoms with E-state index >= 15 is 0 Å². The fourth-order valence-corrected chi connectivity index (χ4v) is 2.18. The molecule has 0 aliphatic heterocycles. The minimum absolute atomic E-state index is 0.0344. The Morgan fingerprint density at radius 3 is 2.96 bits per heavy atom. The smallest absolute Gasteiger partial charge is 0.296 e. The second-order valence-corrected chi connectivity index (χ2v) is 5.11. The number of hydrogen-bond donors (Lipinski definition) is 2. The number of aliphatic hydroxyl groups excluding tert-OH is 1. The topological polar surface area (TPSA) is 93.4 Å². The van der Waals surface area contributed by atoms with Crippen LogP contribution in [0.3, 0.4) is 0 Å². The Balaban J connectivity index is 1.91. The summed E-state index contributed by atoms with van der Waals surface area (Å²) in [4.78, 5) is 10.7. The first-order chi connectivity index (χ1) is 11.1. The molecule has 23 heavy (non-hydrogen) atoms. The summed E-state index contributed by atoms with van der Waals surface area (Å²) in [7, 11) is 1.96. The number of nitrogens with zero attached hydrogens (tertiary/aromatic N) is 3. The van der Waals surface area contributed by atoms with Gasteiger partial charge in [-0.2, -0.15) is 0 Å². The van der Waals surface area contributed by atoms with Crippen molar-refractivity contribution in [3.63, 3.8) is 0 Å². The predicted octanol–water partition coefficient (Wildman–Crippen LogP) is 1.09. The SMILES string of the molecule is C[n+]1ccn(CCCNc2ccc(OCCO)cc2[N+](=O)[O-])c1. The molecule has 0 saturated carbocycles. The molecule has 1 aromatic heterocycles. The van der Waals surface area contributed by atoms with Crippen molar-refractivity contribution in [2.24, 2.45) is 7.05 Å². The van der Waals surface area contributed by atoms with Crippen LogP contribution in [0.25, 0.3) is 0 Å². The maximum Gasteiger partial charge on any atom is 0.296 e. The van der Waals surface area contributed by atoms with Gasteiger partial charge in [0, 0.05) is 13.0 Å². The number of rotatable bonds is 9. The maximum atomic E-state index is 11.2. The van der Waals surface area contributed by atoms with E-state index in [1.165, 1.54) is 6.07 Å². The minimum atomic E-state index is -0.444. The standard InChI is InChI=1S/C15H21N4O4/c1-17-7-8-18(12-17)6-2-5-16-14-4-3-13(23-10-9-20)11-15(14)19(21)22/h3-4,7-8,11-12,16,20H,2,5-6,9-10H2,1H3/q+1. The van der Waals surface area contributed by atoms with Gasteiger partial charge in [-0.1, -0.05) is 0 Å². The van der Waals surface area contributed by atoms with Crippen LogP contribution in [0.15, 0.2) is 36.9 Å². The highest BCUT2D eigenvalue weighted by Gasteiger charge is 2.15. The lowest BCUT2D eigenvalue weighted by Gasteiger charge is -2.09. The van der Waals surface area contributed by atoms with Crippen molar-refractivity contribution in [1.82, 2.24) is 4.57 Å². The highest BCUT2D eigenvalue weighted by atomic mass is 16.6. The zero-order chi connectivity index (χ0) is 16.7. The Bertz CT molecular complexity index is 657. The number of aliphatic hydroxyl groups is 1. The molecule has 1 aromatic carbocycles. The normalized spacial score (nSPS) is 10.5. The number of imidazole rings is 1. The summed E-state index contributed by atoms with van der Waals surface area (Å²) in [5.41, 5.74) is 0.428. The number of aromatic nitrogens is 2. The van der Waals surface area contributed by atoms with Crippen LogP contribution in [0.1, 0.15) is 6.42 Å². The van der Waals surface area contributed by atoms with Crippen LogP contribution in [-0.2, 0) is 13.6 Å². The van der Waals surface area contributed by atoms with Crippen molar-refractivity contribution in [2.45, 2.75) is 13.0 Å². The average Bonchev–Trinajstić information content (AvgIpc) is 2.95. The molecule has 0 aliphatic carbocycles. The Hall–Kier alpha value is -2.61. The molecule has 0 fully saturated rings. The van der Waals surface area contributed by atoms with Gasteiger partial charge in [0.25, 0.3) is 5.69 Å². The number of ether oxygens (including phenoxy) is 1. The van der Waals surface area contributed by atoms with Gasteiger partial charge < -0.3 is 15.2 Å². The van der Waals surface area contributed by atoms with Crippen LogP contribution in [-0.4, -0.2) is 34.4 Å². The Labute approximate surface area is 134 Å². The van der Waals surface area contributed by atoms with E-state index in [2.05, 4.69) is 9.88 Å². The first-order valence-corrected chi connectivity index (χ1v) is 7.37. The summed E-state index contributed by atoms with van der Waals surface area (Å²) in [6.45, 7) is 1.43. The number of benzene rings is 1. The molecule has 0 aliphatic rings. The van der Waals surface area contributed by atoms with Crippen LogP contribution in [0, 0.1) is 10.1 Å². The van der Waals surface area contributed by atoms with Gasteiger partial charge in [0.1, 0.15) is 30.4 Å². The van der Waals surface area contributed by atoms with E-state index < -0.39 is 4.92 Å². The van der Waals surface area contributed by atoms with Gasteiger partial charge in [-0.25, -0.2) is 9.13 Å². The zero-order valence-corrected chi connectivity index (χ0v) is 13.0. The predicted molar refractivity (Wildman–Crippen MR) is 84.4 cm³/mol. The summed E-state index contributed by atoms with van der Waals surface area (Å²) in [5.74, 6) is 0.371. The molecule has 0 amide bonds. The van der Waals surface area contributed by atoms with Crippen molar-refractivity contribution >= 4 is 11.4 Å². The van der Waals surface area contributed by atoms with Gasteiger partial charge in [0.15, 0.2) is 0 Å². The van der Waals surface area contributed by atoms with Gasteiger partial charge in [0.2, 0.25) is 6.33 Å². The van der Waals surface area contributed by atoms with Crippen LogP contribution in [0.5, 0.6) is 5.75 Å². The summed E-state index contributed by atoms with van der Waals surface area (Å²) >= 11 is 0. The number of nitro groups is 1. The largest absolute Gasteiger partial charge is 0.491 e. The van der Waals surface area contributed by atoms with E-state index in [0.29, 0.717) is 18.0 Å². The number of nitrogens with one attached hydrogen (secondary N) is 1. The Kier molecular flexibility index (Phi) is 5.93. The monoisotopic (exact) mass is 321 g/mol. The van der Waals surface area contributed by atoms with Crippen LogP contribution in [0.4, 0.5) is 11.4 Å². The average molecular weight is 321 g/mol. The third kappa shape index (κ3) is 4.96. The summed E-state index contributed by atoms with van der Waals surface area (Å²) in [5, 5.41) is 23.0. The third-order valence-corrected chi connectivity index (χ3v) is 3.26. The number of anilines is 1. The first-order valence-electron chi connectivity index (χ1n) is 7.37. The summed E-state index contributed by atoms with van der Waals surface area (Å²) in [6.07, 6.45) is 6.77. The molecule has 8 nitrogen and oxygen atoms in total. The molecule has 0 bridgehead atoms. The molecule has 0 radical (unpaired) electrons. The molecule has 8 heteroatoms. The van der Waals surface area contributed by atoms with Crippen molar-refractivity contribution in [2.75, 3.05) is 25.1 Å². The van der Waals surface area contributed by atoms with Crippen LogP contribution < -0.4 is 14.6 Å². The molecule has 0 saturated heterocycles. The second-order valence-electron chi connectivity index (χ2n) is 5.11. The molecule has 124 valence electrons. The lowest BCUT2D eigenvalue weighted by molar-refractivity contribution is -0.671. The van der Waals surface area contributed by atoms with E-state index in [0.717, 1.165) is 13.0 Å². The van der Waals surface area contributed by atoms with Crippen LogP contribution in [0.2, 0.25) is 0 Å². The van der Waals surface area contributed by atoms with Gasteiger partial charge >= 0.3 is 0 Å². The number of hydrogen-bond acceptors (Lipinski definition) is 5. The molecule has 0 atom stereocenters. The number of aryl methyl sites for hydroxylation is 2. The van der Waals surface area contributed by atoms with Gasteiger partial charge in [-0.05, 0) is 12.1 Å². The fraction of sp³-hybridized carbons (Fsp3) is 0.400. The maximum absolute atomic E-state index is 11.2. The quantitative estimate of drug-likeness (QED) is 0.312. The van der Waals surface area contributed by atoms with E-state index in [1.54, 1.807) is 12.1 Å². The first kappa shape index (κ1) is 16.8. The van der Waals surface area contributed by atoms with E-state index in [9.17, 15) is 10.1 Å². The lowest BCUT2D eigenvalue weighted by Crippen LogP contribution is -2.23. The van der Waals surface area contributed by atoms with E-state index in [1.807, 2.05) is 30.3 Å². The highest BCUT2D eigenvalue weighted by Crippen LogP contribution is 2.29. The van der Waals surface area contributed by atoms with E-state index in [-0.39, 0.29) is 18.9 Å². The van der Waals surface area contributed by atoms with Crippen molar-refractivity contribution in [3.05, 3.63) is 47.0 Å². The fourth-order valence-electron chi connectivity index (χ4n) is 2.18. The summed E-state index contributed by atoms with van der Waals surface area (Å²) < 4.78 is 9.22. The molecule has 0 spiro atoms. The van der Waals surface area contributed by atoms with Crippen molar-refractivity contribution in [1.29, 1.82) is 0 Å². The molecular weight excluding hydrogens is 300 g/mol. The molecular formula is C15H21N4O4+. The van der Waals surface area contributed by atoms with Gasteiger partial charge in [-0.3, -0.25) is 10.1 Å². The Morgan fingerprint density at radius 2 is 2.30 bits per heavy atom. The lowest BCUT2D eigenvalue weighted by atomic mass is 10.2. The molecule has 1 heterocycles. The van der Waals surface area contributed by atoms with Gasteiger partial charge in [0.05, 0.1) is 31.2 Å². The van der Waals surface area contributed by atoms with Crippen LogP contribution >= 0.6 is 0 Å². The molecule has 2 rings (SSSR count). The minimum Gasteiger partial charge on any atom is -0.491 e. The zero-order valence-electron chi connectivity index (χ0n) is 13.0.